The molecule has 22 heavy (non-hydrogen) atoms. The Bertz CT molecular complexity index is 240. The minimum atomic E-state index is -1.01. The van der Waals surface area contributed by atoms with Crippen molar-refractivity contribution in [3.05, 3.63) is 12.3 Å². The molecule has 0 aromatic rings. The van der Waals surface area contributed by atoms with Gasteiger partial charge in [-0.15, -0.1) is 0 Å². The van der Waals surface area contributed by atoms with E-state index >= 15 is 0 Å². The number of rotatable bonds is 8. The van der Waals surface area contributed by atoms with E-state index in [9.17, 15) is 0 Å². The molecule has 2 radical (unpaired) electrons. The largest absolute Gasteiger partial charge is 0.499 e. The Labute approximate surface area is 140 Å². The van der Waals surface area contributed by atoms with Crippen molar-refractivity contribution in [3.8, 4) is 0 Å². The third-order valence-corrected chi connectivity index (χ3v) is 3.53. The summed E-state index contributed by atoms with van der Waals surface area (Å²) in [6.45, 7) is 19.1. The maximum Gasteiger partial charge on any atom is 0.0918 e. The molecule has 0 rings (SSSR count). The Morgan fingerprint density at radius 2 is 1.50 bits per heavy atom. The van der Waals surface area contributed by atoms with Gasteiger partial charge in [0.05, 0.1) is 31.4 Å². The van der Waals surface area contributed by atoms with Gasteiger partial charge in [0.15, 0.2) is 0 Å². The number of aliphatic hydroxyl groups is 2. The Morgan fingerprint density at radius 1 is 1.09 bits per heavy atom. The van der Waals surface area contributed by atoms with Gasteiger partial charge in [-0.2, -0.15) is 0 Å². The molecule has 0 aliphatic rings. The van der Waals surface area contributed by atoms with Gasteiger partial charge in [0, 0.05) is 5.92 Å². The fraction of sp³-hybridized carbons (Fsp3) is 0.889. The van der Waals surface area contributed by atoms with Gasteiger partial charge in [-0.1, -0.05) is 40.1 Å². The Hall–Kier alpha value is -0.475. The van der Waals surface area contributed by atoms with Crippen LogP contribution in [0.3, 0.4) is 0 Å². The van der Waals surface area contributed by atoms with Crippen LogP contribution in [0.5, 0.6) is 0 Å². The van der Waals surface area contributed by atoms with Gasteiger partial charge in [0.1, 0.15) is 0 Å². The fourth-order valence-corrected chi connectivity index (χ4v) is 1.26. The SMILES string of the molecule is CC.CC(C)(O)C(C)(C)O.[B]CCCC(CC)C(=C)OCC. The average Bonchev–Trinajstić information content (AvgIpc) is 2.40. The first-order valence-electron chi connectivity index (χ1n) is 8.47. The van der Waals surface area contributed by atoms with Crippen LogP contribution in [-0.2, 0) is 4.74 Å². The van der Waals surface area contributed by atoms with E-state index in [2.05, 4.69) is 13.5 Å². The van der Waals surface area contributed by atoms with E-state index in [1.165, 1.54) is 0 Å². The predicted octanol–water partition coefficient (Wildman–Crippen LogP) is 4.48. The smallest absolute Gasteiger partial charge is 0.0918 e. The molecule has 0 fully saturated rings. The molecule has 1 atom stereocenters. The number of allylic oxidation sites excluding steroid dienone is 1. The molecular weight excluding hydrogens is 275 g/mol. The Morgan fingerprint density at radius 3 is 1.73 bits per heavy atom. The van der Waals surface area contributed by atoms with Gasteiger partial charge in [0.25, 0.3) is 0 Å². The first-order valence-corrected chi connectivity index (χ1v) is 8.47. The van der Waals surface area contributed by atoms with E-state index in [4.69, 9.17) is 22.8 Å². The monoisotopic (exact) mass is 314 g/mol. The first-order chi connectivity index (χ1) is 10.0. The lowest BCUT2D eigenvalue weighted by molar-refractivity contribution is -0.107. The van der Waals surface area contributed by atoms with E-state index in [1.807, 2.05) is 20.8 Å². The molecule has 3 nitrogen and oxygen atoms in total. The minimum Gasteiger partial charge on any atom is -0.499 e. The lowest BCUT2D eigenvalue weighted by Crippen LogP contribution is -2.44. The summed E-state index contributed by atoms with van der Waals surface area (Å²) >= 11 is 0. The van der Waals surface area contributed by atoms with Gasteiger partial charge in [-0.3, -0.25) is 0 Å². The molecule has 4 heteroatoms. The predicted molar refractivity (Wildman–Crippen MR) is 98.3 cm³/mol. The van der Waals surface area contributed by atoms with E-state index in [0.29, 0.717) is 5.92 Å². The molecule has 0 saturated heterocycles. The second-order valence-corrected chi connectivity index (χ2v) is 6.05. The van der Waals surface area contributed by atoms with Crippen LogP contribution in [0.1, 0.15) is 74.7 Å². The van der Waals surface area contributed by atoms with Crippen LogP contribution in [0.25, 0.3) is 0 Å². The normalized spacial score (nSPS) is 12.3. The zero-order valence-corrected chi connectivity index (χ0v) is 16.2. The molecule has 0 amide bonds. The zero-order chi connectivity index (χ0) is 18.4. The van der Waals surface area contributed by atoms with Crippen molar-refractivity contribution in [1.29, 1.82) is 0 Å². The average molecular weight is 314 g/mol. The van der Waals surface area contributed by atoms with Crippen molar-refractivity contribution >= 4 is 7.85 Å². The summed E-state index contributed by atoms with van der Waals surface area (Å²) in [5.74, 6) is 1.42. The standard InChI is InChI=1S/C10H19BO.C6H14O2.C2H6/c1-4-10(7-6-8-11)9(3)12-5-2;1-5(2,7)6(3,4)8;1-2/h10H,3-8H2,1-2H3;7-8H,1-4H3;1-2H3. The van der Waals surface area contributed by atoms with Gasteiger partial charge in [-0.05, 0) is 47.5 Å². The van der Waals surface area contributed by atoms with Crippen molar-refractivity contribution in [1.82, 2.24) is 0 Å². The fourth-order valence-electron chi connectivity index (χ4n) is 1.26. The summed E-state index contributed by atoms with van der Waals surface area (Å²) in [5.41, 5.74) is -2.01. The van der Waals surface area contributed by atoms with Gasteiger partial charge >= 0.3 is 0 Å². The molecule has 0 aliphatic heterocycles. The lowest BCUT2D eigenvalue weighted by atomic mass is 9.90. The molecule has 2 N–H and O–H groups in total. The molecule has 0 spiro atoms. The zero-order valence-electron chi connectivity index (χ0n) is 16.2. The van der Waals surface area contributed by atoms with Crippen molar-refractivity contribution in [3.63, 3.8) is 0 Å². The van der Waals surface area contributed by atoms with Gasteiger partial charge < -0.3 is 14.9 Å². The van der Waals surface area contributed by atoms with Crippen molar-refractivity contribution < 1.29 is 14.9 Å². The van der Waals surface area contributed by atoms with E-state index in [1.54, 1.807) is 27.7 Å². The minimum absolute atomic E-state index is 0.494. The summed E-state index contributed by atoms with van der Waals surface area (Å²) in [4.78, 5) is 0. The van der Waals surface area contributed by atoms with Crippen molar-refractivity contribution in [2.24, 2.45) is 5.92 Å². The van der Waals surface area contributed by atoms with Crippen LogP contribution >= 0.6 is 0 Å². The van der Waals surface area contributed by atoms with Crippen LogP contribution in [0.4, 0.5) is 0 Å². The molecular formula is C18H39BO3. The summed E-state index contributed by atoms with van der Waals surface area (Å²) < 4.78 is 5.36. The summed E-state index contributed by atoms with van der Waals surface area (Å²) in [7, 11) is 5.44. The third-order valence-electron chi connectivity index (χ3n) is 3.53. The molecule has 0 aromatic heterocycles. The molecule has 0 saturated carbocycles. The summed E-state index contributed by atoms with van der Waals surface area (Å²) in [5, 5.41) is 18.2. The Kier molecular flexibility index (Phi) is 17.0. The molecule has 1 unspecified atom stereocenters. The lowest BCUT2D eigenvalue weighted by Gasteiger charge is -2.31. The van der Waals surface area contributed by atoms with Gasteiger partial charge in [0.2, 0.25) is 0 Å². The Balaban J connectivity index is -0.000000313. The van der Waals surface area contributed by atoms with Crippen LogP contribution in [0.2, 0.25) is 6.32 Å². The highest BCUT2D eigenvalue weighted by Gasteiger charge is 2.31. The molecule has 132 valence electrons. The molecule has 0 heterocycles. The summed E-state index contributed by atoms with van der Waals surface area (Å²) in [6.07, 6.45) is 4.02. The van der Waals surface area contributed by atoms with Crippen LogP contribution in [0.15, 0.2) is 12.3 Å². The second-order valence-electron chi connectivity index (χ2n) is 6.05. The highest BCUT2D eigenvalue weighted by molar-refractivity contribution is 6.08. The van der Waals surface area contributed by atoms with Crippen LogP contribution in [-0.4, -0.2) is 35.9 Å². The van der Waals surface area contributed by atoms with Crippen LogP contribution < -0.4 is 0 Å². The maximum absolute atomic E-state index is 9.10. The molecule has 0 bridgehead atoms. The van der Waals surface area contributed by atoms with Gasteiger partial charge in [-0.25, -0.2) is 0 Å². The van der Waals surface area contributed by atoms with E-state index in [-0.39, 0.29) is 0 Å². The summed E-state index contributed by atoms with van der Waals surface area (Å²) in [6, 6.07) is 0. The highest BCUT2D eigenvalue weighted by atomic mass is 16.5. The first kappa shape index (κ1) is 26.4. The van der Waals surface area contributed by atoms with Crippen molar-refractivity contribution in [2.45, 2.75) is 92.2 Å². The quantitative estimate of drug-likeness (QED) is 0.513. The second kappa shape index (κ2) is 14.1. The molecule has 0 aliphatic carbocycles. The highest BCUT2D eigenvalue weighted by Crippen LogP contribution is 2.21. The number of ether oxygens (including phenoxy) is 1. The topological polar surface area (TPSA) is 49.7 Å². The maximum atomic E-state index is 9.10. The van der Waals surface area contributed by atoms with E-state index < -0.39 is 11.2 Å². The van der Waals surface area contributed by atoms with Crippen molar-refractivity contribution in [2.75, 3.05) is 6.61 Å². The van der Waals surface area contributed by atoms with E-state index in [0.717, 1.165) is 37.9 Å². The number of hydrogen-bond acceptors (Lipinski definition) is 3. The third kappa shape index (κ3) is 14.5. The van der Waals surface area contributed by atoms with Crippen LogP contribution in [0, 0.1) is 5.92 Å². The molecule has 0 aromatic carbocycles. The number of hydrogen-bond donors (Lipinski definition) is 2.